The van der Waals surface area contributed by atoms with Crippen LogP contribution in [0.2, 0.25) is 5.02 Å². The van der Waals surface area contributed by atoms with Crippen LogP contribution in [-0.4, -0.2) is 38.6 Å². The molecular formula is C9H12ClN3O5. The molecule has 2 rings (SSSR count). The summed E-state index contributed by atoms with van der Waals surface area (Å²) in [7, 11) is 0. The van der Waals surface area contributed by atoms with Crippen LogP contribution in [0.1, 0.15) is 12.6 Å². The van der Waals surface area contributed by atoms with Crippen molar-refractivity contribution in [2.75, 3.05) is 12.3 Å². The van der Waals surface area contributed by atoms with Gasteiger partial charge in [-0.2, -0.15) is 0 Å². The van der Waals surface area contributed by atoms with Gasteiger partial charge in [0.2, 0.25) is 0 Å². The lowest BCUT2D eigenvalue weighted by atomic mass is 10.2. The van der Waals surface area contributed by atoms with E-state index >= 15 is 0 Å². The van der Waals surface area contributed by atoms with Crippen LogP contribution in [0.5, 0.6) is 0 Å². The van der Waals surface area contributed by atoms with E-state index in [2.05, 4.69) is 0 Å². The zero-order valence-corrected chi connectivity index (χ0v) is 9.92. The number of aromatic amines is 1. The maximum absolute atomic E-state index is 11.6. The number of hydrogen-bond acceptors (Lipinski definition) is 6. The maximum atomic E-state index is 11.6. The van der Waals surface area contributed by atoms with Crippen molar-refractivity contribution in [2.45, 2.75) is 24.9 Å². The predicted octanol–water partition coefficient (Wildman–Crippen LogP) is -1.59. The minimum Gasteiger partial charge on any atom is -0.394 e. The van der Waals surface area contributed by atoms with Crippen molar-refractivity contribution in [1.29, 1.82) is 0 Å². The Morgan fingerprint density at radius 1 is 1.56 bits per heavy atom. The predicted molar refractivity (Wildman–Crippen MR) is 62.4 cm³/mol. The third-order valence-electron chi connectivity index (χ3n) is 2.80. The summed E-state index contributed by atoms with van der Waals surface area (Å²) in [6.07, 6.45) is -2.53. The molecule has 1 aliphatic heterocycles. The Bertz CT molecular complexity index is 568. The van der Waals surface area contributed by atoms with Crippen LogP contribution in [0.15, 0.2) is 9.59 Å². The second kappa shape index (κ2) is 4.73. The van der Waals surface area contributed by atoms with Gasteiger partial charge in [-0.05, 0) is 0 Å². The minimum atomic E-state index is -0.919. The Kier molecular flexibility index (Phi) is 3.44. The summed E-state index contributed by atoms with van der Waals surface area (Å²) >= 11 is 5.64. The van der Waals surface area contributed by atoms with E-state index in [1.54, 1.807) is 0 Å². The molecule has 8 nitrogen and oxygen atoms in total. The first-order valence-corrected chi connectivity index (χ1v) is 5.57. The largest absolute Gasteiger partial charge is 0.394 e. The molecule has 3 atom stereocenters. The van der Waals surface area contributed by atoms with Gasteiger partial charge >= 0.3 is 5.69 Å². The summed E-state index contributed by atoms with van der Waals surface area (Å²) in [5.41, 5.74) is 4.02. The van der Waals surface area contributed by atoms with Gasteiger partial charge in [0.15, 0.2) is 0 Å². The third-order valence-corrected chi connectivity index (χ3v) is 3.16. The molecule has 1 aromatic heterocycles. The monoisotopic (exact) mass is 277 g/mol. The molecule has 5 N–H and O–H groups in total. The smallest absolute Gasteiger partial charge is 0.332 e. The number of nitrogens with two attached hydrogens (primary N) is 1. The maximum Gasteiger partial charge on any atom is 0.332 e. The zero-order valence-electron chi connectivity index (χ0n) is 9.17. The van der Waals surface area contributed by atoms with Crippen molar-refractivity contribution in [3.63, 3.8) is 0 Å². The van der Waals surface area contributed by atoms with Gasteiger partial charge in [0, 0.05) is 6.42 Å². The summed E-state index contributed by atoms with van der Waals surface area (Å²) in [4.78, 5) is 24.8. The highest BCUT2D eigenvalue weighted by Gasteiger charge is 2.36. The number of nitrogens with zero attached hydrogens (tertiary/aromatic N) is 1. The number of aromatic nitrogens is 2. The molecule has 1 saturated heterocycles. The first-order valence-electron chi connectivity index (χ1n) is 5.20. The van der Waals surface area contributed by atoms with E-state index in [0.717, 1.165) is 4.57 Å². The molecule has 0 unspecified atom stereocenters. The van der Waals surface area contributed by atoms with E-state index in [0.29, 0.717) is 0 Å². The number of rotatable bonds is 2. The van der Waals surface area contributed by atoms with Gasteiger partial charge in [-0.3, -0.25) is 14.3 Å². The Labute approximate surface area is 106 Å². The van der Waals surface area contributed by atoms with Crippen molar-refractivity contribution < 1.29 is 14.9 Å². The van der Waals surface area contributed by atoms with E-state index in [1.807, 2.05) is 4.98 Å². The van der Waals surface area contributed by atoms with E-state index in [1.165, 1.54) is 0 Å². The van der Waals surface area contributed by atoms with Crippen LogP contribution in [0.3, 0.4) is 0 Å². The van der Waals surface area contributed by atoms with Crippen molar-refractivity contribution in [1.82, 2.24) is 9.55 Å². The fourth-order valence-corrected chi connectivity index (χ4v) is 2.01. The lowest BCUT2D eigenvalue weighted by Crippen LogP contribution is -2.35. The lowest BCUT2D eigenvalue weighted by Gasteiger charge is -2.16. The highest BCUT2D eigenvalue weighted by molar-refractivity contribution is 6.32. The number of nitrogen functional groups attached to an aromatic ring is 1. The number of hydrogen-bond donors (Lipinski definition) is 4. The van der Waals surface area contributed by atoms with Crippen LogP contribution >= 0.6 is 11.6 Å². The molecule has 0 amide bonds. The topological polar surface area (TPSA) is 131 Å². The SMILES string of the molecule is Nc1c(Cl)c(=O)[nH]c(=O)n1[C@H]1C[C@H](O)[C@@H](CO)O1. The zero-order chi connectivity index (χ0) is 13.4. The van der Waals surface area contributed by atoms with Crippen molar-refractivity contribution in [2.24, 2.45) is 0 Å². The quantitative estimate of drug-likeness (QED) is 0.516. The van der Waals surface area contributed by atoms with Gasteiger partial charge in [0.1, 0.15) is 23.2 Å². The van der Waals surface area contributed by atoms with Gasteiger partial charge in [-0.15, -0.1) is 0 Å². The Morgan fingerprint density at radius 3 is 2.78 bits per heavy atom. The first-order chi connectivity index (χ1) is 8.45. The number of aliphatic hydroxyl groups is 2. The van der Waals surface area contributed by atoms with Gasteiger partial charge in [-0.1, -0.05) is 11.6 Å². The number of halogens is 1. The summed E-state index contributed by atoms with van der Waals surface area (Å²) < 4.78 is 6.21. The molecule has 0 saturated carbocycles. The van der Waals surface area contributed by atoms with Crippen LogP contribution in [0.4, 0.5) is 5.82 Å². The van der Waals surface area contributed by atoms with Gasteiger partial charge in [-0.25, -0.2) is 4.79 Å². The summed E-state index contributed by atoms with van der Waals surface area (Å²) in [5.74, 6) is -0.235. The first kappa shape index (κ1) is 13.1. The fourth-order valence-electron chi connectivity index (χ4n) is 1.87. The summed E-state index contributed by atoms with van der Waals surface area (Å²) in [6.45, 7) is -0.386. The second-order valence-corrected chi connectivity index (χ2v) is 4.32. The molecule has 0 aliphatic carbocycles. The molecule has 100 valence electrons. The standard InChI is InChI=1S/C9H12ClN3O5/c10-6-7(11)13(9(17)12-8(6)16)5-1-3(15)4(2-14)18-5/h3-5,14-15H,1-2,11H2,(H,12,16,17)/t3-,4+,5+/m0/s1. The fraction of sp³-hybridized carbons (Fsp3) is 0.556. The number of H-pyrrole nitrogens is 1. The highest BCUT2D eigenvalue weighted by atomic mass is 35.5. The average Bonchev–Trinajstić information content (AvgIpc) is 2.67. The molecule has 0 bridgehead atoms. The second-order valence-electron chi connectivity index (χ2n) is 3.94. The van der Waals surface area contributed by atoms with Gasteiger partial charge in [0.25, 0.3) is 5.56 Å². The van der Waals surface area contributed by atoms with Crippen molar-refractivity contribution >= 4 is 17.4 Å². The van der Waals surface area contributed by atoms with E-state index < -0.39 is 29.7 Å². The van der Waals surface area contributed by atoms with Crippen molar-refractivity contribution in [3.05, 3.63) is 25.9 Å². The van der Waals surface area contributed by atoms with Gasteiger partial charge < -0.3 is 20.7 Å². The molecule has 1 fully saturated rings. The van der Waals surface area contributed by atoms with E-state index in [9.17, 15) is 14.7 Å². The molecular weight excluding hydrogens is 266 g/mol. The molecule has 0 spiro atoms. The van der Waals surface area contributed by atoms with Crippen molar-refractivity contribution in [3.8, 4) is 0 Å². The number of nitrogens with one attached hydrogen (secondary N) is 1. The third kappa shape index (κ3) is 2.03. The highest BCUT2D eigenvalue weighted by Crippen LogP contribution is 2.29. The average molecular weight is 278 g/mol. The molecule has 18 heavy (non-hydrogen) atoms. The van der Waals surface area contributed by atoms with Crippen LogP contribution in [-0.2, 0) is 4.74 Å². The summed E-state index contributed by atoms with van der Waals surface area (Å²) in [6, 6.07) is 0. The molecule has 1 aromatic rings. The Morgan fingerprint density at radius 2 is 2.22 bits per heavy atom. The van der Waals surface area contributed by atoms with Crippen LogP contribution in [0, 0.1) is 0 Å². The minimum absolute atomic E-state index is 0.0672. The molecule has 0 aromatic carbocycles. The molecule has 2 heterocycles. The molecule has 9 heteroatoms. The van der Waals surface area contributed by atoms with Crippen LogP contribution in [0.25, 0.3) is 0 Å². The van der Waals surface area contributed by atoms with Gasteiger partial charge in [0.05, 0.1) is 12.7 Å². The number of ether oxygens (including phenoxy) is 1. The normalized spacial score (nSPS) is 27.6. The lowest BCUT2D eigenvalue weighted by molar-refractivity contribution is -0.0451. The number of aliphatic hydroxyl groups excluding tert-OH is 2. The van der Waals surface area contributed by atoms with Crippen LogP contribution < -0.4 is 17.0 Å². The number of anilines is 1. The van der Waals surface area contributed by atoms with E-state index in [-0.39, 0.29) is 23.9 Å². The van der Waals surface area contributed by atoms with E-state index in [4.69, 9.17) is 27.2 Å². The Balaban J connectivity index is 2.45. The summed E-state index contributed by atoms with van der Waals surface area (Å²) in [5, 5.41) is 18.2. The molecule has 1 aliphatic rings. The Hall–Kier alpha value is -1.35. The molecule has 0 radical (unpaired) electrons.